The van der Waals surface area contributed by atoms with Gasteiger partial charge in [-0.2, -0.15) is 4.57 Å². The van der Waals surface area contributed by atoms with Gasteiger partial charge in [-0.15, -0.1) is 0 Å². The molecule has 0 spiro atoms. The van der Waals surface area contributed by atoms with Gasteiger partial charge in [0.2, 0.25) is 0 Å². The average molecular weight is 737 g/mol. The van der Waals surface area contributed by atoms with Crippen molar-refractivity contribution in [2.75, 3.05) is 48.5 Å². The third-order valence-corrected chi connectivity index (χ3v) is 12.0. The van der Waals surface area contributed by atoms with Crippen LogP contribution in [0.4, 0.5) is 11.4 Å². The topological polar surface area (TPSA) is 14.8 Å². The second-order valence-electron chi connectivity index (χ2n) is 13.7. The molecule has 0 saturated heterocycles. The Morgan fingerprint density at radius 2 is 1.13 bits per heavy atom. The Kier molecular flexibility index (Phi) is 13.9. The van der Waals surface area contributed by atoms with Crippen molar-refractivity contribution in [1.29, 1.82) is 0 Å². The SMILES string of the molecule is CC1=CC(/C=C/c2ccc(N(C)CCSSCCN(C)c3ccc(/C=C/c4cc[n+](Cc5ccccc5)c(C)c4)cc3)cc2)=C[NH+]1Cc1ccccc1. The molecule has 1 aromatic heterocycles. The molecule has 270 valence electrons. The normalized spacial score (nSPS) is 14.2. The predicted molar refractivity (Wildman–Crippen MR) is 232 cm³/mol. The number of aromatic nitrogens is 1. The standard InChI is InChI=1S/C47H51N4S2/c1-38-33-42(27-28-50(38)35-43-11-7-5-8-12-43)17-15-40-19-23-46(24-20-40)48(3)29-31-52-53-32-30-49(4)47-25-21-41(22-26-47)16-18-45-34-39(2)51(37-45)36-44-13-9-6-10-14-44/h5-28,33-34,37H,29-32,35-36H2,1-4H3/q+1/p+1/b18-16+. The summed E-state index contributed by atoms with van der Waals surface area (Å²) in [5.74, 6) is 2.17. The van der Waals surface area contributed by atoms with Crippen molar-refractivity contribution in [3.63, 3.8) is 0 Å². The maximum atomic E-state index is 2.35. The van der Waals surface area contributed by atoms with E-state index in [0.29, 0.717) is 0 Å². The summed E-state index contributed by atoms with van der Waals surface area (Å²) in [5.41, 5.74) is 12.7. The molecule has 4 nitrogen and oxygen atoms in total. The van der Waals surface area contributed by atoms with Gasteiger partial charge in [0.15, 0.2) is 18.4 Å². The van der Waals surface area contributed by atoms with Crippen molar-refractivity contribution in [2.45, 2.75) is 26.9 Å². The smallest absolute Gasteiger partial charge is 0.179 e. The molecule has 4 aromatic carbocycles. The van der Waals surface area contributed by atoms with Crippen LogP contribution in [0.5, 0.6) is 0 Å². The molecular weight excluding hydrogens is 685 g/mol. The van der Waals surface area contributed by atoms with E-state index in [1.54, 1.807) is 0 Å². The van der Waals surface area contributed by atoms with Crippen molar-refractivity contribution in [2.24, 2.45) is 0 Å². The lowest BCUT2D eigenvalue weighted by Crippen LogP contribution is -3.03. The van der Waals surface area contributed by atoms with Crippen molar-refractivity contribution in [3.05, 3.63) is 191 Å². The van der Waals surface area contributed by atoms with Crippen LogP contribution in [0.15, 0.2) is 157 Å². The lowest BCUT2D eigenvalue weighted by atomic mass is 10.1. The minimum atomic E-state index is 0.891. The number of benzene rings is 4. The Labute approximate surface area is 325 Å². The molecule has 0 aliphatic carbocycles. The second-order valence-corrected chi connectivity index (χ2v) is 16.4. The van der Waals surface area contributed by atoms with Gasteiger partial charge >= 0.3 is 0 Å². The number of nitrogens with zero attached hydrogens (tertiary/aromatic N) is 3. The van der Waals surface area contributed by atoms with Crippen LogP contribution in [0.1, 0.15) is 40.4 Å². The fourth-order valence-electron chi connectivity index (χ4n) is 6.32. The van der Waals surface area contributed by atoms with Gasteiger partial charge in [-0.05, 0) is 47.0 Å². The zero-order chi connectivity index (χ0) is 36.8. The highest BCUT2D eigenvalue weighted by Gasteiger charge is 2.17. The van der Waals surface area contributed by atoms with Crippen molar-refractivity contribution >= 4 is 51.2 Å². The van der Waals surface area contributed by atoms with Crippen LogP contribution in [0, 0.1) is 6.92 Å². The molecule has 1 N–H and O–H groups in total. The fraction of sp³-hybridized carbons (Fsp3) is 0.213. The summed E-state index contributed by atoms with van der Waals surface area (Å²) in [5, 5.41) is 0. The van der Waals surface area contributed by atoms with Gasteiger partial charge in [0.1, 0.15) is 18.4 Å². The third kappa shape index (κ3) is 11.6. The van der Waals surface area contributed by atoms with Crippen molar-refractivity contribution in [3.8, 4) is 0 Å². The first kappa shape index (κ1) is 38.0. The molecule has 0 fully saturated rings. The number of pyridine rings is 1. The van der Waals surface area contributed by atoms with Gasteiger partial charge < -0.3 is 9.80 Å². The number of allylic oxidation sites excluding steroid dienone is 4. The summed E-state index contributed by atoms with van der Waals surface area (Å²) in [6.45, 7) is 8.29. The monoisotopic (exact) mass is 736 g/mol. The maximum absolute atomic E-state index is 2.35. The maximum Gasteiger partial charge on any atom is 0.179 e. The van der Waals surface area contributed by atoms with Crippen LogP contribution < -0.4 is 19.3 Å². The van der Waals surface area contributed by atoms with Crippen LogP contribution in [-0.2, 0) is 13.1 Å². The Balaban J connectivity index is 0.869. The van der Waals surface area contributed by atoms with Gasteiger partial charge in [0.05, 0.1) is 0 Å². The molecule has 1 aliphatic heterocycles. The van der Waals surface area contributed by atoms with Gasteiger partial charge in [-0.3, -0.25) is 4.90 Å². The van der Waals surface area contributed by atoms with Gasteiger partial charge in [0.25, 0.3) is 0 Å². The summed E-state index contributed by atoms with van der Waals surface area (Å²) in [4.78, 5) is 6.09. The zero-order valence-corrected chi connectivity index (χ0v) is 33.1. The summed E-state index contributed by atoms with van der Waals surface area (Å²) in [7, 11) is 8.29. The Hall–Kier alpha value is -4.75. The Bertz CT molecular complexity index is 2020. The highest BCUT2D eigenvalue weighted by atomic mass is 33.1. The van der Waals surface area contributed by atoms with Crippen LogP contribution in [0.3, 0.4) is 0 Å². The number of aryl methyl sites for hydroxylation is 1. The number of anilines is 2. The molecule has 53 heavy (non-hydrogen) atoms. The number of hydrogen-bond acceptors (Lipinski definition) is 4. The van der Waals surface area contributed by atoms with Crippen LogP contribution in [-0.4, -0.2) is 38.7 Å². The number of nitrogens with one attached hydrogen (secondary N) is 1. The Morgan fingerprint density at radius 3 is 1.70 bits per heavy atom. The van der Waals surface area contributed by atoms with E-state index < -0.39 is 0 Å². The summed E-state index contributed by atoms with van der Waals surface area (Å²) < 4.78 is 2.29. The molecular formula is C47H52N4S2+2. The lowest BCUT2D eigenvalue weighted by Gasteiger charge is -2.20. The predicted octanol–water partition coefficient (Wildman–Crippen LogP) is 9.35. The van der Waals surface area contributed by atoms with E-state index in [2.05, 4.69) is 206 Å². The van der Waals surface area contributed by atoms with Crippen molar-refractivity contribution in [1.82, 2.24) is 0 Å². The van der Waals surface area contributed by atoms with Crippen LogP contribution >= 0.6 is 21.6 Å². The third-order valence-electron chi connectivity index (χ3n) is 9.65. The van der Waals surface area contributed by atoms with E-state index in [1.165, 1.54) is 61.1 Å². The molecule has 6 heteroatoms. The lowest BCUT2D eigenvalue weighted by molar-refractivity contribution is -0.817. The number of hydrogen-bond donors (Lipinski definition) is 1. The molecule has 5 aromatic rings. The minimum absolute atomic E-state index is 0.891. The molecule has 6 rings (SSSR count). The highest BCUT2D eigenvalue weighted by Crippen LogP contribution is 2.24. The molecule has 0 saturated carbocycles. The van der Waals surface area contributed by atoms with E-state index in [1.807, 2.05) is 21.6 Å². The average Bonchev–Trinajstić information content (AvgIpc) is 3.54. The molecule has 2 heterocycles. The summed E-state index contributed by atoms with van der Waals surface area (Å²) in [6.07, 6.45) is 15.6. The van der Waals surface area contributed by atoms with Gasteiger partial charge in [0, 0.05) is 98.8 Å². The van der Waals surface area contributed by atoms with E-state index in [4.69, 9.17) is 0 Å². The van der Waals surface area contributed by atoms with Crippen LogP contribution in [0.2, 0.25) is 0 Å². The molecule has 0 bridgehead atoms. The zero-order valence-electron chi connectivity index (χ0n) is 31.5. The van der Waals surface area contributed by atoms with Gasteiger partial charge in [-0.1, -0.05) is 125 Å². The molecule has 1 aliphatic rings. The van der Waals surface area contributed by atoms with E-state index in [0.717, 1.165) is 37.7 Å². The van der Waals surface area contributed by atoms with Crippen molar-refractivity contribution < 1.29 is 9.47 Å². The van der Waals surface area contributed by atoms with E-state index in [9.17, 15) is 0 Å². The first-order valence-electron chi connectivity index (χ1n) is 18.5. The number of rotatable bonds is 17. The summed E-state index contributed by atoms with van der Waals surface area (Å²) >= 11 is 0. The van der Waals surface area contributed by atoms with Gasteiger partial charge in [-0.25, -0.2) is 0 Å². The highest BCUT2D eigenvalue weighted by molar-refractivity contribution is 8.76. The first-order valence-corrected chi connectivity index (χ1v) is 21.0. The largest absolute Gasteiger partial charge is 0.374 e. The minimum Gasteiger partial charge on any atom is -0.374 e. The Morgan fingerprint density at radius 1 is 0.604 bits per heavy atom. The van der Waals surface area contributed by atoms with Crippen LogP contribution in [0.25, 0.3) is 18.2 Å². The number of quaternary nitrogens is 1. The molecule has 1 unspecified atom stereocenters. The quantitative estimate of drug-likeness (QED) is 0.0581. The van der Waals surface area contributed by atoms with E-state index in [-0.39, 0.29) is 0 Å². The molecule has 0 radical (unpaired) electrons. The van der Waals surface area contributed by atoms with E-state index >= 15 is 0 Å². The molecule has 1 atom stereocenters. The first-order chi connectivity index (χ1) is 25.9. The second kappa shape index (κ2) is 19.4. The fourth-order valence-corrected chi connectivity index (χ4v) is 8.40. The summed E-state index contributed by atoms with van der Waals surface area (Å²) in [6, 6.07) is 43.5. The molecule has 0 amide bonds.